The van der Waals surface area contributed by atoms with Gasteiger partial charge in [-0.1, -0.05) is 12.1 Å². The summed E-state index contributed by atoms with van der Waals surface area (Å²) in [5, 5.41) is 2.66. The average molecular weight is 357 g/mol. The Morgan fingerprint density at radius 3 is 2.58 bits per heavy atom. The Balaban J connectivity index is 1.62. The van der Waals surface area contributed by atoms with Gasteiger partial charge >= 0.3 is 6.03 Å². The lowest BCUT2D eigenvalue weighted by molar-refractivity contribution is 0.0996. The molecule has 0 bridgehead atoms. The SMILES string of the molecule is COc1ccc(C2CCN(C(=O)Nc3ccc(C(N)=O)c(F)c3)C2)cc1. The van der Waals surface area contributed by atoms with Crippen molar-refractivity contribution >= 4 is 17.6 Å². The van der Waals surface area contributed by atoms with Crippen LogP contribution in [-0.2, 0) is 0 Å². The Morgan fingerprint density at radius 2 is 1.96 bits per heavy atom. The minimum Gasteiger partial charge on any atom is -0.497 e. The molecule has 1 heterocycles. The van der Waals surface area contributed by atoms with Crippen LogP contribution in [0.15, 0.2) is 42.5 Å². The van der Waals surface area contributed by atoms with E-state index in [9.17, 15) is 14.0 Å². The van der Waals surface area contributed by atoms with Crippen LogP contribution >= 0.6 is 0 Å². The number of anilines is 1. The zero-order valence-electron chi connectivity index (χ0n) is 14.4. The van der Waals surface area contributed by atoms with Gasteiger partial charge in [0.15, 0.2) is 0 Å². The lowest BCUT2D eigenvalue weighted by Crippen LogP contribution is -2.32. The molecule has 3 N–H and O–H groups in total. The monoisotopic (exact) mass is 357 g/mol. The van der Waals surface area contributed by atoms with Crippen LogP contribution in [0.3, 0.4) is 0 Å². The summed E-state index contributed by atoms with van der Waals surface area (Å²) in [6.45, 7) is 1.20. The minimum absolute atomic E-state index is 0.205. The molecule has 3 amide bonds. The van der Waals surface area contributed by atoms with Crippen molar-refractivity contribution in [1.82, 2.24) is 4.90 Å². The lowest BCUT2D eigenvalue weighted by Gasteiger charge is -2.18. The van der Waals surface area contributed by atoms with Crippen LogP contribution < -0.4 is 15.8 Å². The topological polar surface area (TPSA) is 84.7 Å². The van der Waals surface area contributed by atoms with Gasteiger partial charge in [0, 0.05) is 24.7 Å². The van der Waals surface area contributed by atoms with Gasteiger partial charge in [0.25, 0.3) is 5.91 Å². The maximum absolute atomic E-state index is 13.8. The van der Waals surface area contributed by atoms with Gasteiger partial charge in [-0.05, 0) is 42.3 Å². The zero-order valence-corrected chi connectivity index (χ0v) is 14.4. The molecular formula is C19H20FN3O3. The number of halogens is 1. The number of urea groups is 1. The van der Waals surface area contributed by atoms with Crippen LogP contribution in [0.2, 0.25) is 0 Å². The third kappa shape index (κ3) is 3.77. The molecular weight excluding hydrogens is 337 g/mol. The van der Waals surface area contributed by atoms with Crippen LogP contribution in [0.4, 0.5) is 14.9 Å². The van der Waals surface area contributed by atoms with Crippen molar-refractivity contribution in [3.8, 4) is 5.75 Å². The molecule has 1 aliphatic heterocycles. The third-order valence-corrected chi connectivity index (χ3v) is 4.55. The number of nitrogens with two attached hydrogens (primary N) is 1. The second-order valence-corrected chi connectivity index (χ2v) is 6.19. The van der Waals surface area contributed by atoms with Crippen LogP contribution in [0.25, 0.3) is 0 Å². The first kappa shape index (κ1) is 17.7. The van der Waals surface area contributed by atoms with E-state index in [-0.39, 0.29) is 23.2 Å². The van der Waals surface area contributed by atoms with E-state index >= 15 is 0 Å². The number of primary amides is 1. The van der Waals surface area contributed by atoms with E-state index in [0.29, 0.717) is 13.1 Å². The number of amides is 3. The molecule has 7 heteroatoms. The van der Waals surface area contributed by atoms with Crippen LogP contribution in [0.5, 0.6) is 5.75 Å². The first-order valence-electron chi connectivity index (χ1n) is 8.27. The Bertz CT molecular complexity index is 823. The largest absolute Gasteiger partial charge is 0.497 e. The summed E-state index contributed by atoms with van der Waals surface area (Å²) in [5.74, 6) is -0.557. The fraction of sp³-hybridized carbons (Fsp3) is 0.263. The Labute approximate surface area is 150 Å². The number of carbonyl (C=O) groups is 2. The quantitative estimate of drug-likeness (QED) is 0.882. The van der Waals surface area contributed by atoms with E-state index in [4.69, 9.17) is 10.5 Å². The molecule has 0 spiro atoms. The Morgan fingerprint density at radius 1 is 1.23 bits per heavy atom. The summed E-state index contributed by atoms with van der Waals surface area (Å²) in [4.78, 5) is 25.1. The highest BCUT2D eigenvalue weighted by molar-refractivity contribution is 5.94. The maximum atomic E-state index is 13.8. The molecule has 0 radical (unpaired) electrons. The highest BCUT2D eigenvalue weighted by Crippen LogP contribution is 2.29. The van der Waals surface area contributed by atoms with Crippen molar-refractivity contribution in [1.29, 1.82) is 0 Å². The van der Waals surface area contributed by atoms with Crippen molar-refractivity contribution in [2.45, 2.75) is 12.3 Å². The molecule has 2 aromatic carbocycles. The van der Waals surface area contributed by atoms with Crippen LogP contribution in [0.1, 0.15) is 28.3 Å². The second-order valence-electron chi connectivity index (χ2n) is 6.19. The predicted molar refractivity (Wildman–Crippen MR) is 95.9 cm³/mol. The van der Waals surface area contributed by atoms with E-state index in [1.165, 1.54) is 12.1 Å². The molecule has 1 atom stereocenters. The summed E-state index contributed by atoms with van der Waals surface area (Å²) < 4.78 is 19.0. The van der Waals surface area contributed by atoms with Crippen molar-refractivity contribution in [3.05, 3.63) is 59.4 Å². The average Bonchev–Trinajstić information content (AvgIpc) is 3.12. The zero-order chi connectivity index (χ0) is 18.7. The standard InChI is InChI=1S/C19H20FN3O3/c1-26-15-5-2-12(3-6-15)13-8-9-23(11-13)19(25)22-14-4-7-16(18(21)24)17(20)10-14/h2-7,10,13H,8-9,11H2,1H3,(H2,21,24)(H,22,25). The van der Waals surface area contributed by atoms with Crippen LogP contribution in [0, 0.1) is 5.82 Å². The first-order chi connectivity index (χ1) is 12.5. The van der Waals surface area contributed by atoms with E-state index in [2.05, 4.69) is 5.32 Å². The van der Waals surface area contributed by atoms with Gasteiger partial charge < -0.3 is 20.7 Å². The normalized spacial score (nSPS) is 16.4. The van der Waals surface area contributed by atoms with E-state index in [1.54, 1.807) is 12.0 Å². The van der Waals surface area contributed by atoms with Crippen molar-refractivity contribution in [3.63, 3.8) is 0 Å². The van der Waals surface area contributed by atoms with Gasteiger partial charge in [0.1, 0.15) is 11.6 Å². The van der Waals surface area contributed by atoms with E-state index in [0.717, 1.165) is 23.8 Å². The molecule has 3 rings (SSSR count). The highest BCUT2D eigenvalue weighted by atomic mass is 19.1. The highest BCUT2D eigenvalue weighted by Gasteiger charge is 2.27. The van der Waals surface area contributed by atoms with Crippen LogP contribution in [-0.4, -0.2) is 37.0 Å². The van der Waals surface area contributed by atoms with Crippen molar-refractivity contribution in [2.24, 2.45) is 5.73 Å². The number of benzene rings is 2. The number of ether oxygens (including phenoxy) is 1. The number of carbonyl (C=O) groups excluding carboxylic acids is 2. The number of nitrogens with zero attached hydrogens (tertiary/aromatic N) is 1. The summed E-state index contributed by atoms with van der Waals surface area (Å²) in [7, 11) is 1.62. The molecule has 0 aliphatic carbocycles. The molecule has 1 fully saturated rings. The number of nitrogens with one attached hydrogen (secondary N) is 1. The van der Waals surface area contributed by atoms with Gasteiger partial charge in [0.05, 0.1) is 12.7 Å². The Hall–Kier alpha value is -3.09. The third-order valence-electron chi connectivity index (χ3n) is 4.55. The molecule has 136 valence electrons. The molecule has 1 unspecified atom stereocenters. The van der Waals surface area contributed by atoms with Gasteiger partial charge in [-0.2, -0.15) is 0 Å². The van der Waals surface area contributed by atoms with Gasteiger partial charge in [0.2, 0.25) is 0 Å². The molecule has 1 saturated heterocycles. The number of hydrogen-bond donors (Lipinski definition) is 2. The fourth-order valence-electron chi connectivity index (χ4n) is 3.09. The lowest BCUT2D eigenvalue weighted by atomic mass is 9.98. The molecule has 0 saturated carbocycles. The smallest absolute Gasteiger partial charge is 0.321 e. The van der Waals surface area contributed by atoms with Gasteiger partial charge in [-0.25, -0.2) is 9.18 Å². The van der Waals surface area contributed by atoms with E-state index in [1.807, 2.05) is 24.3 Å². The van der Waals surface area contributed by atoms with Crippen molar-refractivity contribution in [2.75, 3.05) is 25.5 Å². The number of likely N-dealkylation sites (tertiary alicyclic amines) is 1. The molecule has 1 aliphatic rings. The van der Waals surface area contributed by atoms with E-state index < -0.39 is 11.7 Å². The molecule has 2 aromatic rings. The summed E-state index contributed by atoms with van der Waals surface area (Å²) in [6, 6.07) is 11.3. The Kier molecular flexibility index (Phi) is 5.06. The summed E-state index contributed by atoms with van der Waals surface area (Å²) >= 11 is 0. The number of rotatable bonds is 4. The summed E-state index contributed by atoms with van der Waals surface area (Å²) in [5.41, 5.74) is 6.30. The molecule has 0 aromatic heterocycles. The number of methoxy groups -OCH3 is 1. The minimum atomic E-state index is -0.845. The second kappa shape index (κ2) is 7.43. The maximum Gasteiger partial charge on any atom is 0.321 e. The fourth-order valence-corrected chi connectivity index (χ4v) is 3.09. The molecule has 6 nitrogen and oxygen atoms in total. The summed E-state index contributed by atoms with van der Waals surface area (Å²) in [6.07, 6.45) is 0.856. The van der Waals surface area contributed by atoms with Gasteiger partial charge in [-0.3, -0.25) is 4.79 Å². The van der Waals surface area contributed by atoms with Crippen molar-refractivity contribution < 1.29 is 18.7 Å². The first-order valence-corrected chi connectivity index (χ1v) is 8.27. The molecule has 26 heavy (non-hydrogen) atoms. The predicted octanol–water partition coefficient (Wildman–Crippen LogP) is 2.95. The number of hydrogen-bond acceptors (Lipinski definition) is 3. The van der Waals surface area contributed by atoms with Gasteiger partial charge in [-0.15, -0.1) is 0 Å².